The first kappa shape index (κ1) is 18.3. The minimum absolute atomic E-state index is 0.211. The molecule has 124 valence electrons. The van der Waals surface area contributed by atoms with Gasteiger partial charge < -0.3 is 4.74 Å². The molecule has 1 aromatic rings. The van der Waals surface area contributed by atoms with Crippen LogP contribution in [0.5, 0.6) is 5.75 Å². The molecular weight excluding hydrogens is 323 g/mol. The summed E-state index contributed by atoms with van der Waals surface area (Å²) in [6.45, 7) is 3.67. The Kier molecular flexibility index (Phi) is 6.21. The molecule has 0 heterocycles. The van der Waals surface area contributed by atoms with E-state index in [9.17, 15) is 21.6 Å². The monoisotopic (exact) mass is 339 g/mol. The molecule has 0 N–H and O–H groups in total. The Labute approximate surface area is 126 Å². The van der Waals surface area contributed by atoms with Crippen molar-refractivity contribution in [2.45, 2.75) is 26.4 Å². The molecule has 0 aliphatic rings. The molecule has 0 unspecified atom stereocenters. The van der Waals surface area contributed by atoms with Gasteiger partial charge in [0.15, 0.2) is 5.71 Å². The van der Waals surface area contributed by atoms with Gasteiger partial charge in [-0.3, -0.25) is 4.28 Å². The Morgan fingerprint density at radius 1 is 1.18 bits per heavy atom. The lowest BCUT2D eigenvalue weighted by Crippen LogP contribution is -2.25. The van der Waals surface area contributed by atoms with E-state index in [-0.39, 0.29) is 12.0 Å². The standard InChI is InChI=1S/C13H16F3NO4S/c1-3-9-22(18,19)21-17-12(13(14,15)16)10-5-7-11(8-6-10)20-4-2/h5-8H,3-4,9H2,1-2H3/b17-12+. The predicted molar refractivity (Wildman–Crippen MR) is 75.4 cm³/mol. The summed E-state index contributed by atoms with van der Waals surface area (Å²) in [7, 11) is -4.12. The van der Waals surface area contributed by atoms with Crippen LogP contribution in [0.3, 0.4) is 0 Å². The Hall–Kier alpha value is -1.77. The normalized spacial score (nSPS) is 13.0. The maximum absolute atomic E-state index is 13.0. The van der Waals surface area contributed by atoms with E-state index in [0.717, 1.165) is 12.1 Å². The van der Waals surface area contributed by atoms with Gasteiger partial charge in [0, 0.05) is 5.56 Å². The molecule has 1 aromatic carbocycles. The van der Waals surface area contributed by atoms with Crippen LogP contribution in [0.4, 0.5) is 13.2 Å². The third-order valence-electron chi connectivity index (χ3n) is 2.40. The summed E-state index contributed by atoms with van der Waals surface area (Å²) in [5, 5.41) is 2.79. The minimum atomic E-state index is -4.85. The molecule has 0 atom stereocenters. The van der Waals surface area contributed by atoms with Gasteiger partial charge in [-0.05, 0) is 37.6 Å². The van der Waals surface area contributed by atoms with E-state index in [1.54, 1.807) is 13.8 Å². The fourth-order valence-electron chi connectivity index (χ4n) is 1.53. The van der Waals surface area contributed by atoms with Crippen LogP contribution in [-0.2, 0) is 14.4 Å². The van der Waals surface area contributed by atoms with Gasteiger partial charge in [0.1, 0.15) is 5.75 Å². The van der Waals surface area contributed by atoms with E-state index in [2.05, 4.69) is 9.44 Å². The number of halogens is 3. The van der Waals surface area contributed by atoms with E-state index in [4.69, 9.17) is 4.74 Å². The highest BCUT2D eigenvalue weighted by Crippen LogP contribution is 2.24. The molecule has 0 aromatic heterocycles. The van der Waals surface area contributed by atoms with Crippen molar-refractivity contribution in [3.63, 3.8) is 0 Å². The first-order valence-electron chi connectivity index (χ1n) is 6.49. The first-order chi connectivity index (χ1) is 10.2. The Bertz CT molecular complexity index is 609. The largest absolute Gasteiger partial charge is 0.494 e. The maximum Gasteiger partial charge on any atom is 0.437 e. The van der Waals surface area contributed by atoms with Crippen molar-refractivity contribution >= 4 is 15.8 Å². The fraction of sp³-hybridized carbons (Fsp3) is 0.462. The fourth-order valence-corrected chi connectivity index (χ4v) is 2.29. The van der Waals surface area contributed by atoms with Crippen LogP contribution in [-0.4, -0.2) is 32.7 Å². The summed E-state index contributed by atoms with van der Waals surface area (Å²) < 4.78 is 70.8. The third kappa shape index (κ3) is 5.55. The number of nitrogens with zero attached hydrogens (tertiary/aromatic N) is 1. The molecule has 0 saturated heterocycles. The SMILES string of the molecule is CCCS(=O)(=O)O/N=C(\c1ccc(OCC)cc1)C(F)(F)F. The van der Waals surface area contributed by atoms with E-state index in [1.807, 2.05) is 0 Å². The number of oxime groups is 1. The van der Waals surface area contributed by atoms with Crippen LogP contribution in [0, 0.1) is 0 Å². The zero-order chi connectivity index (χ0) is 16.8. The molecule has 0 radical (unpaired) electrons. The van der Waals surface area contributed by atoms with Crippen LogP contribution in [0.25, 0.3) is 0 Å². The lowest BCUT2D eigenvalue weighted by molar-refractivity contribution is -0.0597. The molecule has 0 saturated carbocycles. The van der Waals surface area contributed by atoms with Crippen LogP contribution in [0.15, 0.2) is 29.4 Å². The van der Waals surface area contributed by atoms with Crippen molar-refractivity contribution in [1.29, 1.82) is 0 Å². The summed E-state index contributed by atoms with van der Waals surface area (Å²) in [5.41, 5.74) is -1.74. The molecule has 22 heavy (non-hydrogen) atoms. The zero-order valence-electron chi connectivity index (χ0n) is 12.1. The minimum Gasteiger partial charge on any atom is -0.494 e. The highest BCUT2D eigenvalue weighted by atomic mass is 32.2. The topological polar surface area (TPSA) is 65.0 Å². The van der Waals surface area contributed by atoms with Crippen molar-refractivity contribution in [2.24, 2.45) is 5.16 Å². The number of benzene rings is 1. The van der Waals surface area contributed by atoms with E-state index in [1.165, 1.54) is 12.1 Å². The molecule has 0 aliphatic carbocycles. The second kappa shape index (κ2) is 7.48. The lowest BCUT2D eigenvalue weighted by Gasteiger charge is -2.11. The molecule has 0 aliphatic heterocycles. The van der Waals surface area contributed by atoms with Gasteiger partial charge in [0.05, 0.1) is 12.4 Å². The van der Waals surface area contributed by atoms with E-state index in [0.29, 0.717) is 12.4 Å². The van der Waals surface area contributed by atoms with Crippen LogP contribution in [0.1, 0.15) is 25.8 Å². The molecular formula is C13H16F3NO4S. The van der Waals surface area contributed by atoms with Crippen LogP contribution in [0.2, 0.25) is 0 Å². The summed E-state index contributed by atoms with van der Waals surface area (Å²) in [6, 6.07) is 4.93. The molecule has 0 amide bonds. The van der Waals surface area contributed by atoms with Gasteiger partial charge in [0.2, 0.25) is 0 Å². The molecule has 9 heteroatoms. The molecule has 0 bridgehead atoms. The summed E-state index contributed by atoms with van der Waals surface area (Å²) >= 11 is 0. The van der Waals surface area contributed by atoms with Crippen LogP contribution < -0.4 is 4.74 Å². The summed E-state index contributed by atoms with van der Waals surface area (Å²) in [6.07, 6.45) is -4.64. The Balaban J connectivity index is 3.08. The van der Waals surface area contributed by atoms with Gasteiger partial charge in [-0.15, -0.1) is 0 Å². The molecule has 0 spiro atoms. The highest BCUT2D eigenvalue weighted by Gasteiger charge is 2.38. The summed E-state index contributed by atoms with van der Waals surface area (Å²) in [4.78, 5) is 0. The average Bonchev–Trinajstić information content (AvgIpc) is 2.39. The summed E-state index contributed by atoms with van der Waals surface area (Å²) in [5.74, 6) is -0.0161. The highest BCUT2D eigenvalue weighted by molar-refractivity contribution is 7.86. The quantitative estimate of drug-likeness (QED) is 0.565. The lowest BCUT2D eigenvalue weighted by atomic mass is 10.1. The number of hydrogen-bond donors (Lipinski definition) is 0. The zero-order valence-corrected chi connectivity index (χ0v) is 12.9. The predicted octanol–water partition coefficient (Wildman–Crippen LogP) is 3.11. The van der Waals surface area contributed by atoms with Gasteiger partial charge in [-0.2, -0.15) is 21.6 Å². The molecule has 5 nitrogen and oxygen atoms in total. The van der Waals surface area contributed by atoms with Crippen molar-refractivity contribution in [3.8, 4) is 5.75 Å². The molecule has 0 fully saturated rings. The van der Waals surface area contributed by atoms with Crippen LogP contribution >= 0.6 is 0 Å². The van der Waals surface area contributed by atoms with Crippen molar-refractivity contribution in [3.05, 3.63) is 29.8 Å². The smallest absolute Gasteiger partial charge is 0.437 e. The molecule has 1 rings (SSSR count). The second-order valence-corrected chi connectivity index (χ2v) is 5.90. The Morgan fingerprint density at radius 2 is 1.77 bits per heavy atom. The van der Waals surface area contributed by atoms with Gasteiger partial charge >= 0.3 is 16.3 Å². The first-order valence-corrected chi connectivity index (χ1v) is 8.07. The van der Waals surface area contributed by atoms with E-state index < -0.39 is 27.8 Å². The third-order valence-corrected chi connectivity index (χ3v) is 3.61. The van der Waals surface area contributed by atoms with E-state index >= 15 is 0 Å². The number of ether oxygens (including phenoxy) is 1. The maximum atomic E-state index is 13.0. The van der Waals surface area contributed by atoms with Crippen molar-refractivity contribution in [2.75, 3.05) is 12.4 Å². The second-order valence-electron chi connectivity index (χ2n) is 4.23. The van der Waals surface area contributed by atoms with Gasteiger partial charge in [-0.25, -0.2) is 0 Å². The van der Waals surface area contributed by atoms with Gasteiger partial charge in [-0.1, -0.05) is 12.1 Å². The van der Waals surface area contributed by atoms with Crippen molar-refractivity contribution in [1.82, 2.24) is 0 Å². The number of rotatable bonds is 7. The Morgan fingerprint density at radius 3 is 2.23 bits per heavy atom. The number of alkyl halides is 3. The average molecular weight is 339 g/mol. The number of hydrogen-bond acceptors (Lipinski definition) is 5. The van der Waals surface area contributed by atoms with Crippen molar-refractivity contribution < 1.29 is 30.6 Å². The van der Waals surface area contributed by atoms with Gasteiger partial charge in [0.25, 0.3) is 0 Å².